The molecule has 30 heavy (non-hydrogen) atoms. The first kappa shape index (κ1) is 20.6. The second kappa shape index (κ2) is 8.23. The van der Waals surface area contributed by atoms with Crippen molar-refractivity contribution < 1.29 is 22.4 Å². The SMILES string of the molecule is CC(=O)N1c2ccc(S(=O)(=O)N3CCCCC3)cc2C[C@H]1C(=O)NCc1ccco1. The van der Waals surface area contributed by atoms with Crippen molar-refractivity contribution >= 4 is 27.5 Å². The van der Waals surface area contributed by atoms with Gasteiger partial charge in [-0.05, 0) is 48.7 Å². The number of piperidine rings is 1. The van der Waals surface area contributed by atoms with E-state index in [-0.39, 0.29) is 29.7 Å². The summed E-state index contributed by atoms with van der Waals surface area (Å²) in [7, 11) is -3.58. The summed E-state index contributed by atoms with van der Waals surface area (Å²) in [6.45, 7) is 2.67. The van der Waals surface area contributed by atoms with Crippen molar-refractivity contribution in [3.05, 3.63) is 47.9 Å². The Balaban J connectivity index is 1.57. The van der Waals surface area contributed by atoms with E-state index in [1.54, 1.807) is 24.3 Å². The van der Waals surface area contributed by atoms with Crippen molar-refractivity contribution in [2.45, 2.75) is 50.1 Å². The van der Waals surface area contributed by atoms with Gasteiger partial charge in [0.1, 0.15) is 11.8 Å². The van der Waals surface area contributed by atoms with Crippen molar-refractivity contribution in [1.29, 1.82) is 0 Å². The van der Waals surface area contributed by atoms with Gasteiger partial charge in [0.25, 0.3) is 0 Å². The number of hydrogen-bond donors (Lipinski definition) is 1. The van der Waals surface area contributed by atoms with Crippen LogP contribution in [0, 0.1) is 0 Å². The van der Waals surface area contributed by atoms with E-state index in [4.69, 9.17) is 4.42 Å². The summed E-state index contributed by atoms with van der Waals surface area (Å²) >= 11 is 0. The second-order valence-electron chi connectivity index (χ2n) is 7.66. The number of nitrogens with zero attached hydrogens (tertiary/aromatic N) is 2. The summed E-state index contributed by atoms with van der Waals surface area (Å²) in [6.07, 6.45) is 4.56. The zero-order valence-corrected chi connectivity index (χ0v) is 17.7. The molecule has 0 spiro atoms. The molecule has 2 aliphatic heterocycles. The lowest BCUT2D eigenvalue weighted by molar-refractivity contribution is -0.125. The van der Waals surface area contributed by atoms with Crippen LogP contribution in [0.1, 0.15) is 37.5 Å². The molecule has 9 heteroatoms. The van der Waals surface area contributed by atoms with Crippen molar-refractivity contribution in [3.8, 4) is 0 Å². The Bertz CT molecular complexity index is 1040. The quantitative estimate of drug-likeness (QED) is 0.781. The van der Waals surface area contributed by atoms with E-state index >= 15 is 0 Å². The van der Waals surface area contributed by atoms with E-state index < -0.39 is 16.1 Å². The fraction of sp³-hybridized carbons (Fsp3) is 0.429. The molecule has 8 nitrogen and oxygen atoms in total. The van der Waals surface area contributed by atoms with Crippen LogP contribution >= 0.6 is 0 Å². The van der Waals surface area contributed by atoms with E-state index in [1.165, 1.54) is 28.5 Å². The van der Waals surface area contributed by atoms with Gasteiger partial charge in [-0.1, -0.05) is 6.42 Å². The van der Waals surface area contributed by atoms with E-state index in [9.17, 15) is 18.0 Å². The first-order valence-corrected chi connectivity index (χ1v) is 11.5. The lowest BCUT2D eigenvalue weighted by atomic mass is 10.1. The molecule has 0 saturated carbocycles. The minimum Gasteiger partial charge on any atom is -0.467 e. The minimum absolute atomic E-state index is 0.211. The van der Waals surface area contributed by atoms with Crippen LogP contribution in [0.4, 0.5) is 5.69 Å². The lowest BCUT2D eigenvalue weighted by Crippen LogP contribution is -2.47. The predicted octanol–water partition coefficient (Wildman–Crippen LogP) is 2.05. The van der Waals surface area contributed by atoms with Gasteiger partial charge in [-0.25, -0.2) is 8.42 Å². The lowest BCUT2D eigenvalue weighted by Gasteiger charge is -2.26. The van der Waals surface area contributed by atoms with E-state index in [2.05, 4.69) is 5.32 Å². The molecule has 1 saturated heterocycles. The largest absolute Gasteiger partial charge is 0.467 e. The van der Waals surface area contributed by atoms with Crippen LogP contribution in [-0.2, 0) is 32.6 Å². The molecule has 160 valence electrons. The number of sulfonamides is 1. The minimum atomic E-state index is -3.58. The molecule has 0 radical (unpaired) electrons. The zero-order valence-electron chi connectivity index (χ0n) is 16.8. The summed E-state index contributed by atoms with van der Waals surface area (Å²) < 4.78 is 32.8. The van der Waals surface area contributed by atoms with Gasteiger partial charge >= 0.3 is 0 Å². The van der Waals surface area contributed by atoms with Gasteiger partial charge in [0, 0.05) is 32.1 Å². The normalized spacial score (nSPS) is 19.5. The molecule has 0 unspecified atom stereocenters. The fourth-order valence-corrected chi connectivity index (χ4v) is 5.72. The number of fused-ring (bicyclic) bond motifs is 1. The Morgan fingerprint density at radius 1 is 1.17 bits per heavy atom. The molecule has 0 aliphatic carbocycles. The molecule has 1 fully saturated rings. The van der Waals surface area contributed by atoms with Crippen molar-refractivity contribution in [3.63, 3.8) is 0 Å². The van der Waals surface area contributed by atoms with E-state index in [0.717, 1.165) is 19.3 Å². The maximum atomic E-state index is 13.0. The molecule has 1 aromatic carbocycles. The highest BCUT2D eigenvalue weighted by molar-refractivity contribution is 7.89. The Morgan fingerprint density at radius 2 is 1.93 bits per heavy atom. The zero-order chi connectivity index (χ0) is 21.3. The summed E-state index contributed by atoms with van der Waals surface area (Å²) in [5, 5.41) is 2.79. The van der Waals surface area contributed by atoms with Gasteiger partial charge < -0.3 is 9.73 Å². The molecule has 2 aliphatic rings. The highest BCUT2D eigenvalue weighted by Gasteiger charge is 2.38. The van der Waals surface area contributed by atoms with Crippen molar-refractivity contribution in [2.75, 3.05) is 18.0 Å². The molecule has 2 amide bonds. The third-order valence-electron chi connectivity index (χ3n) is 5.65. The monoisotopic (exact) mass is 431 g/mol. The summed E-state index contributed by atoms with van der Waals surface area (Å²) in [4.78, 5) is 26.7. The summed E-state index contributed by atoms with van der Waals surface area (Å²) in [5.74, 6) is 0.0416. The number of anilines is 1. The molecule has 0 bridgehead atoms. The second-order valence-corrected chi connectivity index (χ2v) is 9.60. The average molecular weight is 432 g/mol. The van der Waals surface area contributed by atoms with E-state index in [1.807, 2.05) is 0 Å². The number of nitrogens with one attached hydrogen (secondary N) is 1. The first-order chi connectivity index (χ1) is 14.4. The molecular weight excluding hydrogens is 406 g/mol. The highest BCUT2D eigenvalue weighted by atomic mass is 32.2. The smallest absolute Gasteiger partial charge is 0.243 e. The molecular formula is C21H25N3O5S. The third-order valence-corrected chi connectivity index (χ3v) is 7.54. The van der Waals surface area contributed by atoms with Gasteiger partial charge in [0.2, 0.25) is 21.8 Å². The van der Waals surface area contributed by atoms with Crippen LogP contribution in [0.2, 0.25) is 0 Å². The van der Waals surface area contributed by atoms with Gasteiger partial charge in [-0.2, -0.15) is 4.31 Å². The maximum Gasteiger partial charge on any atom is 0.243 e. The summed E-state index contributed by atoms with van der Waals surface area (Å²) in [5.41, 5.74) is 1.26. The van der Waals surface area contributed by atoms with Gasteiger partial charge in [-0.3, -0.25) is 14.5 Å². The highest BCUT2D eigenvalue weighted by Crippen LogP contribution is 2.35. The predicted molar refractivity (Wildman–Crippen MR) is 110 cm³/mol. The van der Waals surface area contributed by atoms with Crippen LogP contribution in [0.5, 0.6) is 0 Å². The number of furan rings is 1. The number of benzene rings is 1. The average Bonchev–Trinajstić information content (AvgIpc) is 3.39. The molecule has 1 N–H and O–H groups in total. The molecule has 4 rings (SSSR count). The van der Waals surface area contributed by atoms with Crippen molar-refractivity contribution in [2.24, 2.45) is 0 Å². The van der Waals surface area contributed by atoms with Crippen LogP contribution in [0.25, 0.3) is 0 Å². The first-order valence-electron chi connectivity index (χ1n) is 10.1. The molecule has 1 aromatic heterocycles. The molecule has 1 atom stereocenters. The fourth-order valence-electron chi connectivity index (χ4n) is 4.15. The van der Waals surface area contributed by atoms with Crippen LogP contribution < -0.4 is 10.2 Å². The van der Waals surface area contributed by atoms with Crippen LogP contribution in [-0.4, -0.2) is 43.7 Å². The standard InChI is InChI=1S/C21H25N3O5S/c1-15(25)24-19-8-7-18(30(27,28)23-9-3-2-4-10-23)12-16(19)13-20(24)21(26)22-14-17-6-5-11-29-17/h5-8,11-12,20H,2-4,9-10,13-14H2,1H3,(H,22,26)/t20-/m0/s1. The number of rotatable bonds is 5. The van der Waals surface area contributed by atoms with Crippen LogP contribution in [0.3, 0.4) is 0 Å². The Kier molecular flexibility index (Phi) is 5.66. The van der Waals surface area contributed by atoms with Gasteiger partial charge in [0.15, 0.2) is 0 Å². The van der Waals surface area contributed by atoms with Crippen LogP contribution in [0.15, 0.2) is 45.9 Å². The molecule has 2 aromatic rings. The van der Waals surface area contributed by atoms with E-state index in [0.29, 0.717) is 30.1 Å². The maximum absolute atomic E-state index is 13.0. The van der Waals surface area contributed by atoms with Gasteiger partial charge in [-0.15, -0.1) is 0 Å². The Labute approximate surface area is 175 Å². The number of hydrogen-bond acceptors (Lipinski definition) is 5. The van der Waals surface area contributed by atoms with Crippen molar-refractivity contribution in [1.82, 2.24) is 9.62 Å². The topological polar surface area (TPSA) is 99.9 Å². The van der Waals surface area contributed by atoms with Gasteiger partial charge in [0.05, 0.1) is 17.7 Å². The Morgan fingerprint density at radius 3 is 2.60 bits per heavy atom. The number of carbonyl (C=O) groups excluding carboxylic acids is 2. The molecule has 3 heterocycles. The number of amides is 2. The number of carbonyl (C=O) groups is 2. The Hall–Kier alpha value is -2.65. The summed E-state index contributed by atoms with van der Waals surface area (Å²) in [6, 6.07) is 7.54. The third kappa shape index (κ3) is 3.87.